The molecule has 0 aromatic heterocycles. The number of hydrogen-bond acceptors (Lipinski definition) is 2. The Balaban J connectivity index is 3.29. The van der Waals surface area contributed by atoms with Crippen LogP contribution in [0, 0.1) is 0 Å². The first-order chi connectivity index (χ1) is 4.42. The quantitative estimate of drug-likeness (QED) is 0.516. The molecule has 0 radical (unpaired) electrons. The van der Waals surface area contributed by atoms with Crippen LogP contribution in [0.15, 0.2) is 0 Å². The first kappa shape index (κ1) is 9.09. The molecule has 0 aliphatic carbocycles. The Morgan fingerprint density at radius 2 is 2.20 bits per heavy atom. The van der Waals surface area contributed by atoms with Gasteiger partial charge >= 0.3 is 6.09 Å². The van der Waals surface area contributed by atoms with E-state index >= 15 is 0 Å². The number of amides is 1. The zero-order valence-corrected chi connectivity index (χ0v) is 5.32. The fourth-order valence-corrected chi connectivity index (χ4v) is 0.275. The van der Waals surface area contributed by atoms with Gasteiger partial charge < -0.3 is 5.11 Å². The maximum absolute atomic E-state index is 11.9. The lowest BCUT2D eigenvalue weighted by molar-refractivity contribution is 0.0197. The number of hydrogen-bond donors (Lipinski definition) is 3. The molecule has 0 saturated heterocycles. The summed E-state index contributed by atoms with van der Waals surface area (Å²) >= 11 is 0. The molecule has 0 spiro atoms. The zero-order valence-electron chi connectivity index (χ0n) is 5.32. The number of rotatable bonds is 3. The molecule has 6 heteroatoms. The minimum Gasteiger partial charge on any atom is -0.464 e. The Morgan fingerprint density at radius 3 is 2.50 bits per heavy atom. The summed E-state index contributed by atoms with van der Waals surface area (Å²) in [6, 6.07) is 0. The third-order valence-electron chi connectivity index (χ3n) is 0.594. The first-order valence-electron chi connectivity index (χ1n) is 2.51. The lowest BCUT2D eigenvalue weighted by atomic mass is 10.4. The number of hydrazine groups is 1. The van der Waals surface area contributed by atoms with Gasteiger partial charge in [0, 0.05) is 6.92 Å². The Kier molecular flexibility index (Phi) is 3.01. The first-order valence-corrected chi connectivity index (χ1v) is 2.51. The summed E-state index contributed by atoms with van der Waals surface area (Å²) in [5.74, 6) is -2.90. The maximum atomic E-state index is 11.9. The number of nitrogens with one attached hydrogen (secondary N) is 2. The molecule has 0 bridgehead atoms. The standard InChI is InChI=1S/C4H8F2N2O2/c1-4(5,6)2-7-8-3(9)10/h7-8H,2H2,1H3,(H,9,10). The maximum Gasteiger partial charge on any atom is 0.419 e. The fourth-order valence-electron chi connectivity index (χ4n) is 0.275. The van der Waals surface area contributed by atoms with Crippen molar-refractivity contribution in [2.45, 2.75) is 12.8 Å². The average Bonchev–Trinajstić information content (AvgIpc) is 1.59. The molecule has 0 aromatic rings. The summed E-state index contributed by atoms with van der Waals surface area (Å²) in [4.78, 5) is 9.67. The van der Waals surface area contributed by atoms with E-state index in [1.807, 2.05) is 5.43 Å². The highest BCUT2D eigenvalue weighted by Gasteiger charge is 2.20. The summed E-state index contributed by atoms with van der Waals surface area (Å²) in [5, 5.41) is 7.89. The number of carboxylic acid groups (broad SMARTS) is 1. The minimum absolute atomic E-state index is 0.684. The molecular formula is C4H8F2N2O2. The van der Waals surface area contributed by atoms with Crippen molar-refractivity contribution in [3.05, 3.63) is 0 Å². The molecule has 0 rings (SSSR count). The summed E-state index contributed by atoms with van der Waals surface area (Å²) in [6.45, 7) is -0.0250. The van der Waals surface area contributed by atoms with Gasteiger partial charge in [-0.15, -0.1) is 0 Å². The van der Waals surface area contributed by atoms with Crippen molar-refractivity contribution in [2.75, 3.05) is 6.54 Å². The van der Waals surface area contributed by atoms with Gasteiger partial charge in [0.1, 0.15) is 0 Å². The van der Waals surface area contributed by atoms with Crippen molar-refractivity contribution in [3.8, 4) is 0 Å². The van der Waals surface area contributed by atoms with Gasteiger partial charge in [-0.05, 0) is 0 Å². The van der Waals surface area contributed by atoms with E-state index in [0.717, 1.165) is 0 Å². The van der Waals surface area contributed by atoms with Gasteiger partial charge in [-0.3, -0.25) is 5.43 Å². The van der Waals surface area contributed by atoms with Gasteiger partial charge in [-0.1, -0.05) is 0 Å². The Hall–Kier alpha value is -0.910. The Morgan fingerprint density at radius 1 is 1.70 bits per heavy atom. The van der Waals surface area contributed by atoms with Gasteiger partial charge in [0.2, 0.25) is 0 Å². The third-order valence-corrected chi connectivity index (χ3v) is 0.594. The van der Waals surface area contributed by atoms with Crippen LogP contribution in [0.3, 0.4) is 0 Å². The van der Waals surface area contributed by atoms with Crippen LogP contribution in [0.25, 0.3) is 0 Å². The predicted molar refractivity (Wildman–Crippen MR) is 29.8 cm³/mol. The molecule has 0 aliphatic heterocycles. The van der Waals surface area contributed by atoms with Gasteiger partial charge in [-0.25, -0.2) is 19.0 Å². The molecule has 0 heterocycles. The van der Waals surface area contributed by atoms with E-state index in [1.165, 1.54) is 0 Å². The normalized spacial score (nSPS) is 11.1. The van der Waals surface area contributed by atoms with Crippen LogP contribution in [-0.4, -0.2) is 23.7 Å². The van der Waals surface area contributed by atoms with Crippen molar-refractivity contribution >= 4 is 6.09 Å². The fraction of sp³-hybridized carbons (Fsp3) is 0.750. The molecule has 0 unspecified atom stereocenters. The SMILES string of the molecule is CC(F)(F)CNNC(=O)O. The Labute approximate surface area is 56.2 Å². The minimum atomic E-state index is -2.90. The topological polar surface area (TPSA) is 61.4 Å². The second kappa shape index (κ2) is 3.31. The molecule has 4 nitrogen and oxygen atoms in total. The molecule has 0 aliphatic rings. The second-order valence-electron chi connectivity index (χ2n) is 1.85. The molecule has 1 amide bonds. The lowest BCUT2D eigenvalue weighted by Crippen LogP contribution is -2.42. The highest BCUT2D eigenvalue weighted by atomic mass is 19.3. The summed E-state index contributed by atoms with van der Waals surface area (Å²) in [5.41, 5.74) is 3.41. The number of alkyl halides is 2. The van der Waals surface area contributed by atoms with Crippen molar-refractivity contribution < 1.29 is 18.7 Å². The molecule has 10 heavy (non-hydrogen) atoms. The third kappa shape index (κ3) is 7.09. The molecule has 0 atom stereocenters. The van der Waals surface area contributed by atoms with E-state index in [1.54, 1.807) is 5.43 Å². The highest BCUT2D eigenvalue weighted by molar-refractivity contribution is 5.63. The Bertz CT molecular complexity index is 123. The molecular weight excluding hydrogens is 146 g/mol. The average molecular weight is 154 g/mol. The van der Waals surface area contributed by atoms with Crippen LogP contribution < -0.4 is 10.9 Å². The monoisotopic (exact) mass is 154 g/mol. The van der Waals surface area contributed by atoms with Crippen LogP contribution in [0.2, 0.25) is 0 Å². The van der Waals surface area contributed by atoms with Gasteiger partial charge in [0.15, 0.2) is 0 Å². The van der Waals surface area contributed by atoms with E-state index in [2.05, 4.69) is 0 Å². The van der Waals surface area contributed by atoms with E-state index in [-0.39, 0.29) is 0 Å². The highest BCUT2D eigenvalue weighted by Crippen LogP contribution is 2.07. The molecule has 60 valence electrons. The van der Waals surface area contributed by atoms with Crippen LogP contribution in [0.5, 0.6) is 0 Å². The van der Waals surface area contributed by atoms with Crippen LogP contribution in [-0.2, 0) is 0 Å². The zero-order chi connectivity index (χ0) is 8.20. The number of carbonyl (C=O) groups is 1. The van der Waals surface area contributed by atoms with Crippen molar-refractivity contribution in [2.24, 2.45) is 0 Å². The van der Waals surface area contributed by atoms with Crippen LogP contribution in [0.4, 0.5) is 13.6 Å². The van der Waals surface area contributed by atoms with Crippen molar-refractivity contribution in [1.29, 1.82) is 0 Å². The lowest BCUT2D eigenvalue weighted by Gasteiger charge is -2.09. The molecule has 0 saturated carbocycles. The summed E-state index contributed by atoms with van der Waals surface area (Å²) in [6.07, 6.45) is -1.38. The molecule has 0 fully saturated rings. The van der Waals surface area contributed by atoms with E-state index in [4.69, 9.17) is 5.11 Å². The van der Waals surface area contributed by atoms with Crippen LogP contribution in [0.1, 0.15) is 6.92 Å². The smallest absolute Gasteiger partial charge is 0.419 e. The van der Waals surface area contributed by atoms with Gasteiger partial charge in [0.25, 0.3) is 5.92 Å². The van der Waals surface area contributed by atoms with Crippen LogP contribution >= 0.6 is 0 Å². The summed E-state index contributed by atoms with van der Waals surface area (Å²) in [7, 11) is 0. The summed E-state index contributed by atoms with van der Waals surface area (Å²) < 4.78 is 23.8. The predicted octanol–water partition coefficient (Wildman–Crippen LogP) is 0.414. The van der Waals surface area contributed by atoms with Gasteiger partial charge in [0.05, 0.1) is 6.54 Å². The number of halogens is 2. The van der Waals surface area contributed by atoms with E-state index in [0.29, 0.717) is 6.92 Å². The molecule has 0 aromatic carbocycles. The largest absolute Gasteiger partial charge is 0.464 e. The van der Waals surface area contributed by atoms with E-state index in [9.17, 15) is 13.6 Å². The van der Waals surface area contributed by atoms with Crippen molar-refractivity contribution in [3.63, 3.8) is 0 Å². The van der Waals surface area contributed by atoms with E-state index < -0.39 is 18.6 Å². The second-order valence-corrected chi connectivity index (χ2v) is 1.85. The van der Waals surface area contributed by atoms with Gasteiger partial charge in [-0.2, -0.15) is 0 Å². The van der Waals surface area contributed by atoms with Crippen molar-refractivity contribution in [1.82, 2.24) is 10.9 Å². The molecule has 3 N–H and O–H groups in total.